The fourth-order valence-electron chi connectivity index (χ4n) is 10.1. The molecule has 0 atom stereocenters. The Hall–Kier alpha value is -12.1. The molecule has 0 aliphatic rings. The van der Waals surface area contributed by atoms with Gasteiger partial charge in [0.15, 0.2) is 23.1 Å². The van der Waals surface area contributed by atoms with Crippen LogP contribution >= 0.6 is 0 Å². The zero-order chi connectivity index (χ0) is 91.1. The molecule has 0 unspecified atom stereocenters. The summed E-state index contributed by atoms with van der Waals surface area (Å²) in [6.07, 6.45) is 1.40. The van der Waals surface area contributed by atoms with E-state index in [0.717, 1.165) is 58.4 Å². The van der Waals surface area contributed by atoms with Crippen molar-refractivity contribution in [2.45, 2.75) is 138 Å². The van der Waals surface area contributed by atoms with Gasteiger partial charge in [0.1, 0.15) is 40.7 Å². The number of benzene rings is 7. The van der Waals surface area contributed by atoms with Crippen LogP contribution in [0.2, 0.25) is 20.5 Å². The molecule has 0 aliphatic heterocycles. The average molecular weight is 1670 g/mol. The summed E-state index contributed by atoms with van der Waals surface area (Å²) in [5.74, 6) is -3.36. The quantitative estimate of drug-likeness (QED) is 0.00591. The number of aryl methyl sites for hydroxylation is 12. The number of methoxy groups -OCH3 is 2. The van der Waals surface area contributed by atoms with Crippen molar-refractivity contribution in [3.8, 4) is 45.7 Å². The van der Waals surface area contributed by atoms with E-state index in [9.17, 15) is 70.1 Å². The number of Topliss-reactive ketones (excluding diaryl/α,β-unsaturated/α-hetero) is 4. The van der Waals surface area contributed by atoms with Gasteiger partial charge in [-0.05, 0) is 262 Å². The van der Waals surface area contributed by atoms with Crippen molar-refractivity contribution in [2.24, 2.45) is 14.1 Å². The van der Waals surface area contributed by atoms with Crippen molar-refractivity contribution < 1.29 is 89.2 Å². The molecule has 3 heterocycles. The Morgan fingerprint density at radius 3 is 1.18 bits per heavy atom. The number of aromatic nitrogens is 6. The van der Waals surface area contributed by atoms with E-state index in [-0.39, 0.29) is 75.7 Å². The van der Waals surface area contributed by atoms with E-state index in [2.05, 4.69) is 36.1 Å². The number of anilines is 5. The van der Waals surface area contributed by atoms with Gasteiger partial charge in [0.2, 0.25) is 5.91 Å². The molecular formula is C83H106B4F7N13O13. The SMILES string of the molecule is C.CB(O)Nc1cc(-c2cc(C)[nH]n2)c(F)cc1C.CB(O)Nc1cc(-c2cc(C)n(C)n2)c(F)cc1C.CB(O)Nc1cc(C(C)=O)c(F)cc1C.CC(=O)c1cc(N)c(C)cc1F.CC(=O)c1cc([N+](=O)[O-])c(C)cc1F.CC(=O)c1ccc(C)cc1F.COC(C)(OC)N(C)C.Cc1cc(F)c(-c2cc(C)n(C)n2)cc1N.O=BC#CO. The van der Waals surface area contributed by atoms with Gasteiger partial charge in [0, 0.05) is 109 Å². The fourth-order valence-corrected chi connectivity index (χ4v) is 10.1. The topological polar surface area (TPSA) is 384 Å². The first-order valence-corrected chi connectivity index (χ1v) is 36.3. The maximum atomic E-state index is 14.1. The number of aliphatic hydroxyl groups is 1. The molecular weight excluding hydrogens is 1560 g/mol. The van der Waals surface area contributed by atoms with Crippen LogP contribution in [0.15, 0.2) is 109 Å². The number of rotatable bonds is 17. The molecule has 0 spiro atoms. The third-order valence-electron chi connectivity index (χ3n) is 17.3. The fraction of sp³-hybridized carbons (Fsp3) is 0.313. The zero-order valence-electron chi connectivity index (χ0n) is 71.1. The number of halogens is 7. The molecule has 10 rings (SSSR count). The number of H-pyrrole nitrogens is 1. The molecule has 0 aliphatic carbocycles. The van der Waals surface area contributed by atoms with E-state index >= 15 is 0 Å². The van der Waals surface area contributed by atoms with Gasteiger partial charge in [-0.15, -0.1) is 0 Å². The summed E-state index contributed by atoms with van der Waals surface area (Å²) in [7, 11) is 8.86. The molecule has 10 aromatic rings. The predicted molar refractivity (Wildman–Crippen MR) is 461 cm³/mol. The van der Waals surface area contributed by atoms with Crippen LogP contribution in [0, 0.1) is 132 Å². The maximum absolute atomic E-state index is 14.1. The Bertz CT molecular complexity index is 5190. The molecule has 37 heteroatoms. The van der Waals surface area contributed by atoms with Crippen molar-refractivity contribution in [3.05, 3.63) is 238 Å². The summed E-state index contributed by atoms with van der Waals surface area (Å²) in [4.78, 5) is 55.2. The van der Waals surface area contributed by atoms with Gasteiger partial charge in [-0.2, -0.15) is 15.3 Å². The van der Waals surface area contributed by atoms with E-state index in [4.69, 9.17) is 35.8 Å². The number of nitrogens with one attached hydrogen (secondary N) is 4. The molecule has 120 heavy (non-hydrogen) atoms. The number of ether oxygens (including phenoxy) is 2. The third kappa shape index (κ3) is 33.0. The molecule has 0 saturated carbocycles. The second-order valence-corrected chi connectivity index (χ2v) is 27.5. The Morgan fingerprint density at radius 2 is 0.867 bits per heavy atom. The van der Waals surface area contributed by atoms with Gasteiger partial charge >= 0.3 is 50.0 Å². The molecule has 3 aromatic heterocycles. The molecule has 12 N–H and O–H groups in total. The van der Waals surface area contributed by atoms with E-state index in [1.807, 2.05) is 72.9 Å². The first-order valence-electron chi connectivity index (χ1n) is 36.3. The number of nitrogen functional groups attached to an aromatic ring is 2. The van der Waals surface area contributed by atoms with Crippen LogP contribution in [0.3, 0.4) is 0 Å². The van der Waals surface area contributed by atoms with Gasteiger partial charge in [0.25, 0.3) is 5.69 Å². The monoisotopic (exact) mass is 1670 g/mol. The van der Waals surface area contributed by atoms with Crippen molar-refractivity contribution in [1.29, 1.82) is 0 Å². The first kappa shape index (κ1) is 106. The van der Waals surface area contributed by atoms with Crippen molar-refractivity contribution in [1.82, 2.24) is 34.7 Å². The number of nitrogens with zero attached hydrogens (tertiary/aromatic N) is 7. The van der Waals surface area contributed by atoms with Gasteiger partial charge in [0.05, 0.1) is 44.3 Å². The summed E-state index contributed by atoms with van der Waals surface area (Å²) in [5.41, 5.74) is 24.5. The number of aromatic amines is 1. The number of hydrogen-bond acceptors (Lipinski definition) is 22. The number of carbonyl (C=O) groups excluding carboxylic acids is 4. The number of ketones is 4. The number of nitro benzene ring substituents is 1. The normalized spacial score (nSPS) is 10.1. The van der Waals surface area contributed by atoms with Gasteiger partial charge in [-0.1, -0.05) is 13.5 Å². The summed E-state index contributed by atoms with van der Waals surface area (Å²) >= 11 is 0. The van der Waals surface area contributed by atoms with Crippen molar-refractivity contribution in [2.75, 3.05) is 55.5 Å². The molecule has 0 fully saturated rings. The van der Waals surface area contributed by atoms with Crippen LogP contribution in [0.4, 0.5) is 64.9 Å². The minimum absolute atomic E-state index is 0. The van der Waals surface area contributed by atoms with Crippen LogP contribution in [-0.2, 0) is 28.3 Å². The van der Waals surface area contributed by atoms with Gasteiger partial charge in [-0.25, -0.2) is 30.7 Å². The number of hydrogen-bond donors (Lipinski definition) is 10. The summed E-state index contributed by atoms with van der Waals surface area (Å²) < 4.78 is 117. The molecule has 0 amide bonds. The first-order chi connectivity index (χ1) is 55.3. The van der Waals surface area contributed by atoms with Gasteiger partial charge in [-0.3, -0.25) is 48.7 Å². The molecule has 7 aromatic carbocycles. The Morgan fingerprint density at radius 1 is 0.525 bits per heavy atom. The summed E-state index contributed by atoms with van der Waals surface area (Å²) in [6.45, 7) is 29.4. The molecule has 0 radical (unpaired) electrons. The number of nitro groups is 1. The van der Waals surface area contributed by atoms with Crippen molar-refractivity contribution in [3.63, 3.8) is 0 Å². The average Bonchev–Trinajstić information content (AvgIpc) is 1.63. The van der Waals surface area contributed by atoms with Crippen molar-refractivity contribution >= 4 is 85.6 Å². The molecule has 0 bridgehead atoms. The van der Waals surface area contributed by atoms with Crippen LogP contribution in [0.5, 0.6) is 0 Å². The Balaban J connectivity index is 0.000000685. The number of aliphatic hydroxyl groups excluding tert-OH is 1. The molecule has 26 nitrogen and oxygen atoms in total. The summed E-state index contributed by atoms with van der Waals surface area (Å²) in [6, 6.07) is 26.6. The second-order valence-electron chi connectivity index (χ2n) is 27.5. The zero-order valence-corrected chi connectivity index (χ0v) is 71.1. The van der Waals surface area contributed by atoms with Crippen LogP contribution in [0.25, 0.3) is 33.8 Å². The number of carbonyl (C=O) groups is 4. The van der Waals surface area contributed by atoms with E-state index in [1.54, 1.807) is 122 Å². The molecule has 642 valence electrons. The van der Waals surface area contributed by atoms with Gasteiger partial charge < -0.3 is 51.7 Å². The number of nitrogens with two attached hydrogens (primary N) is 2. The third-order valence-corrected chi connectivity index (χ3v) is 17.3. The van der Waals surface area contributed by atoms with E-state index < -0.39 is 61.0 Å². The van der Waals surface area contributed by atoms with E-state index in [0.29, 0.717) is 80.5 Å². The Labute approximate surface area is 697 Å². The second kappa shape index (κ2) is 49.4. The molecule has 0 saturated heterocycles. The van der Waals surface area contributed by atoms with Crippen LogP contribution < -0.4 is 27.2 Å². The van der Waals surface area contributed by atoms with Crippen LogP contribution in [0.1, 0.15) is 140 Å². The van der Waals surface area contributed by atoms with E-state index in [1.165, 1.54) is 88.4 Å². The Kier molecular flexibility index (Phi) is 43.6. The van der Waals surface area contributed by atoms with Crippen LogP contribution in [-0.4, -0.2) is 145 Å². The predicted octanol–water partition coefficient (Wildman–Crippen LogP) is 16.0. The summed E-state index contributed by atoms with van der Waals surface area (Å²) in [5, 5.41) is 69.6. The minimum atomic E-state index is -0.742. The standard InChI is InChI=1S/C13H17BFN3O.C12H15BFN3O.C12H14FN3.C10H13BFNO2.C9H8FNO3.C9H10FNO.C9H9FO.C6H15NO2.C2HBO2.CH4/c1-8-5-11(15)10(7-12(8)16-14(3)19)13-6-9(2)18(4)17-13;1-7-4-10(14)9(6-11(7)15-13(3)18)12-5-8(2)16-17-12;1-7-4-10(13)9(6-11(7)14)12-5-8(2)16(3)15-12;1-6-4-9(12)8(7(2)14)5-10(6)13-11(3)15;1-5-3-8(10)7(6(2)12)4-9(5)11(13)14;1-5-3-8(10)7(6(2)12)4-9(5)11;1-6-3-4-8(7(2)11)9(10)5-6;1-6(8-4,9-5)7(2)3;4-2-1-3-5;/h5-7,16,19H,1-4H3;4-6,15,18H,1-3H3,(H,16,17);4-6H,14H2,1-3H3;4-5,13,15H,1-3H3;3-4H,1-2H3;3-4H,11H2,1-2H3;3-5H,1-2H3;1-5H3;4H;1H4.